The van der Waals surface area contributed by atoms with Crippen molar-refractivity contribution in [3.63, 3.8) is 0 Å². The van der Waals surface area contributed by atoms with Crippen LogP contribution < -0.4 is 5.32 Å². The predicted octanol–water partition coefficient (Wildman–Crippen LogP) is 4.35. The van der Waals surface area contributed by atoms with Gasteiger partial charge >= 0.3 is 0 Å². The number of nitrogens with zero attached hydrogens (tertiary/aromatic N) is 1. The molecule has 0 aliphatic rings. The highest BCUT2D eigenvalue weighted by Gasteiger charge is 2.14. The lowest BCUT2D eigenvalue weighted by Gasteiger charge is -2.19. The smallest absolute Gasteiger partial charge is 0.0592 e. The number of halogens is 2. The summed E-state index contributed by atoms with van der Waals surface area (Å²) in [5, 5.41) is 4.28. The van der Waals surface area contributed by atoms with Gasteiger partial charge in [0, 0.05) is 16.0 Å². The van der Waals surface area contributed by atoms with E-state index >= 15 is 0 Å². The van der Waals surface area contributed by atoms with Crippen LogP contribution in [-0.4, -0.2) is 11.5 Å². The van der Waals surface area contributed by atoms with Crippen LogP contribution >= 0.6 is 34.2 Å². The highest BCUT2D eigenvalue weighted by molar-refractivity contribution is 14.1. The zero-order valence-corrected chi connectivity index (χ0v) is 13.9. The first-order valence-corrected chi connectivity index (χ1v) is 7.67. The first-order valence-electron chi connectivity index (χ1n) is 6.21. The van der Waals surface area contributed by atoms with Crippen LogP contribution in [-0.2, 0) is 0 Å². The Kier molecular flexibility index (Phi) is 5.19. The zero-order valence-electron chi connectivity index (χ0n) is 11.0. The van der Waals surface area contributed by atoms with E-state index in [1.807, 2.05) is 24.5 Å². The molecule has 0 radical (unpaired) electrons. The predicted molar refractivity (Wildman–Crippen MR) is 88.7 cm³/mol. The second-order valence-electron chi connectivity index (χ2n) is 4.46. The van der Waals surface area contributed by atoms with Gasteiger partial charge in [0.25, 0.3) is 0 Å². The van der Waals surface area contributed by atoms with Crippen molar-refractivity contribution in [3.8, 4) is 0 Å². The minimum atomic E-state index is 0.131. The molecule has 1 heterocycles. The number of pyridine rings is 1. The molecule has 1 N–H and O–H groups in total. The van der Waals surface area contributed by atoms with Crippen LogP contribution in [0.1, 0.15) is 29.7 Å². The van der Waals surface area contributed by atoms with Crippen LogP contribution in [0.15, 0.2) is 36.7 Å². The van der Waals surface area contributed by atoms with Gasteiger partial charge in [0.05, 0.1) is 11.1 Å². The Bertz CT molecular complexity index is 572. The van der Waals surface area contributed by atoms with Crippen molar-refractivity contribution in [2.24, 2.45) is 0 Å². The number of hydrogen-bond acceptors (Lipinski definition) is 2. The Balaban J connectivity index is 2.42. The van der Waals surface area contributed by atoms with Crippen molar-refractivity contribution in [3.05, 3.63) is 61.9 Å². The van der Waals surface area contributed by atoms with Crippen LogP contribution in [0.3, 0.4) is 0 Å². The molecule has 2 nitrogen and oxygen atoms in total. The van der Waals surface area contributed by atoms with Gasteiger partial charge in [-0.2, -0.15) is 0 Å². The zero-order chi connectivity index (χ0) is 13.8. The third-order valence-corrected chi connectivity index (χ3v) is 4.49. The lowest BCUT2D eigenvalue weighted by molar-refractivity contribution is 0.628. The van der Waals surface area contributed by atoms with Crippen molar-refractivity contribution in [2.45, 2.75) is 19.9 Å². The highest BCUT2D eigenvalue weighted by Crippen LogP contribution is 2.27. The first kappa shape index (κ1) is 14.8. The molecule has 2 rings (SSSR count). The van der Waals surface area contributed by atoms with E-state index < -0.39 is 0 Å². The van der Waals surface area contributed by atoms with Crippen molar-refractivity contribution in [2.75, 3.05) is 6.54 Å². The van der Waals surface area contributed by atoms with E-state index in [0.29, 0.717) is 0 Å². The monoisotopic (exact) mass is 386 g/mol. The largest absolute Gasteiger partial charge is 0.306 e. The highest BCUT2D eigenvalue weighted by atomic mass is 127. The van der Waals surface area contributed by atoms with Crippen LogP contribution in [0.2, 0.25) is 5.02 Å². The Morgan fingerprint density at radius 2 is 2.05 bits per heavy atom. The molecule has 0 saturated heterocycles. The molecular weight excluding hydrogens is 371 g/mol. The molecule has 2 aromatic rings. The van der Waals surface area contributed by atoms with Gasteiger partial charge in [-0.05, 0) is 64.9 Å². The van der Waals surface area contributed by atoms with Crippen LogP contribution in [0.4, 0.5) is 0 Å². The van der Waals surface area contributed by atoms with Gasteiger partial charge in [0.1, 0.15) is 0 Å². The summed E-state index contributed by atoms with van der Waals surface area (Å²) in [4.78, 5) is 4.28. The molecule has 1 unspecified atom stereocenters. The molecule has 100 valence electrons. The van der Waals surface area contributed by atoms with E-state index in [1.54, 1.807) is 0 Å². The molecule has 0 bridgehead atoms. The number of benzene rings is 1. The normalized spacial score (nSPS) is 12.4. The molecule has 1 aromatic carbocycles. The molecule has 0 fully saturated rings. The second kappa shape index (κ2) is 6.68. The maximum atomic E-state index is 6.23. The molecule has 0 aliphatic heterocycles. The van der Waals surface area contributed by atoms with E-state index in [9.17, 15) is 0 Å². The van der Waals surface area contributed by atoms with Gasteiger partial charge in [-0.15, -0.1) is 0 Å². The lowest BCUT2D eigenvalue weighted by Crippen LogP contribution is -2.22. The number of nitrogens with one attached hydrogen (secondary N) is 1. The van der Waals surface area contributed by atoms with E-state index in [0.717, 1.165) is 20.7 Å². The van der Waals surface area contributed by atoms with E-state index in [1.165, 1.54) is 11.1 Å². The third kappa shape index (κ3) is 3.68. The lowest BCUT2D eigenvalue weighted by atomic mass is 9.99. The van der Waals surface area contributed by atoms with Gasteiger partial charge in [0.2, 0.25) is 0 Å². The molecule has 19 heavy (non-hydrogen) atoms. The standard InChI is InChI=1S/C15H16ClIN2/c1-3-19-15(12-6-10(2)8-18-9-12)11-4-5-14(17)13(16)7-11/h4-9,15,19H,3H2,1-2H3. The van der Waals surface area contributed by atoms with Gasteiger partial charge in [-0.25, -0.2) is 0 Å². The fourth-order valence-corrected chi connectivity index (χ4v) is 2.58. The van der Waals surface area contributed by atoms with Crippen LogP contribution in [0.25, 0.3) is 0 Å². The molecule has 0 saturated carbocycles. The summed E-state index contributed by atoms with van der Waals surface area (Å²) in [6.45, 7) is 5.05. The topological polar surface area (TPSA) is 24.9 Å². The van der Waals surface area contributed by atoms with Gasteiger partial charge in [-0.1, -0.05) is 30.7 Å². The molecule has 0 aliphatic carbocycles. The van der Waals surface area contributed by atoms with Crippen molar-refractivity contribution in [1.29, 1.82) is 0 Å². The molecule has 1 atom stereocenters. The van der Waals surface area contributed by atoms with Crippen LogP contribution in [0.5, 0.6) is 0 Å². The Morgan fingerprint density at radius 1 is 1.26 bits per heavy atom. The SMILES string of the molecule is CCNC(c1cncc(C)c1)c1ccc(I)c(Cl)c1. The summed E-state index contributed by atoms with van der Waals surface area (Å²) in [7, 11) is 0. The minimum Gasteiger partial charge on any atom is -0.306 e. The summed E-state index contributed by atoms with van der Waals surface area (Å²) < 4.78 is 1.07. The molecule has 0 amide bonds. The molecule has 4 heteroatoms. The van der Waals surface area contributed by atoms with Crippen molar-refractivity contribution in [1.82, 2.24) is 10.3 Å². The number of hydrogen-bond donors (Lipinski definition) is 1. The molecule has 0 spiro atoms. The van der Waals surface area contributed by atoms with E-state index in [2.05, 4.69) is 58.9 Å². The summed E-state index contributed by atoms with van der Waals surface area (Å²) >= 11 is 8.47. The summed E-state index contributed by atoms with van der Waals surface area (Å²) in [6.07, 6.45) is 3.78. The molecule has 1 aromatic heterocycles. The number of aromatic nitrogens is 1. The summed E-state index contributed by atoms with van der Waals surface area (Å²) in [5.41, 5.74) is 3.50. The van der Waals surface area contributed by atoms with Gasteiger partial charge in [-0.3, -0.25) is 4.98 Å². The molecular formula is C15H16ClIN2. The maximum Gasteiger partial charge on any atom is 0.0592 e. The van der Waals surface area contributed by atoms with E-state index in [-0.39, 0.29) is 6.04 Å². The Hall–Kier alpha value is -0.650. The van der Waals surface area contributed by atoms with Crippen molar-refractivity contribution >= 4 is 34.2 Å². The van der Waals surface area contributed by atoms with Gasteiger partial charge in [0.15, 0.2) is 0 Å². The minimum absolute atomic E-state index is 0.131. The third-order valence-electron chi connectivity index (χ3n) is 2.91. The fraction of sp³-hybridized carbons (Fsp3) is 0.267. The summed E-state index contributed by atoms with van der Waals surface area (Å²) in [6, 6.07) is 8.48. The first-order chi connectivity index (χ1) is 9.11. The Labute approximate surface area is 132 Å². The maximum absolute atomic E-state index is 6.23. The summed E-state index contributed by atoms with van der Waals surface area (Å²) in [5.74, 6) is 0. The van der Waals surface area contributed by atoms with E-state index in [4.69, 9.17) is 11.6 Å². The fourth-order valence-electron chi connectivity index (χ4n) is 2.06. The quantitative estimate of drug-likeness (QED) is 0.790. The number of aryl methyl sites for hydroxylation is 1. The Morgan fingerprint density at radius 3 is 2.68 bits per heavy atom. The number of rotatable bonds is 4. The van der Waals surface area contributed by atoms with Crippen molar-refractivity contribution < 1.29 is 0 Å². The average Bonchev–Trinajstić information content (AvgIpc) is 2.39. The van der Waals surface area contributed by atoms with Crippen LogP contribution in [0, 0.1) is 10.5 Å². The van der Waals surface area contributed by atoms with Gasteiger partial charge < -0.3 is 5.32 Å². The average molecular weight is 387 g/mol. The second-order valence-corrected chi connectivity index (χ2v) is 6.03.